The number of hydrogen-bond acceptors (Lipinski definition) is 3. The number of amidine groups is 1. The van der Waals surface area contributed by atoms with Gasteiger partial charge in [-0.2, -0.15) is 0 Å². The molecule has 0 aliphatic carbocycles. The van der Waals surface area contributed by atoms with E-state index in [1.165, 1.54) is 6.08 Å². The van der Waals surface area contributed by atoms with E-state index >= 15 is 0 Å². The highest BCUT2D eigenvalue weighted by Gasteiger charge is 2.14. The van der Waals surface area contributed by atoms with Crippen molar-refractivity contribution in [2.75, 3.05) is 13.2 Å². The summed E-state index contributed by atoms with van der Waals surface area (Å²) in [4.78, 5) is 0. The molecular weight excluding hydrogens is 154 g/mol. The summed E-state index contributed by atoms with van der Waals surface area (Å²) in [5.41, 5.74) is 4.94. The van der Waals surface area contributed by atoms with Gasteiger partial charge in [0.05, 0.1) is 0 Å². The monoisotopic (exact) mass is 171 g/mol. The van der Waals surface area contributed by atoms with Crippen LogP contribution in [0.1, 0.15) is 13.8 Å². The Kier molecular flexibility index (Phi) is 4.36. The zero-order valence-electron chi connectivity index (χ0n) is 7.59. The van der Waals surface area contributed by atoms with Crippen LogP contribution in [0.15, 0.2) is 12.3 Å². The molecule has 4 nitrogen and oxygen atoms in total. The second kappa shape index (κ2) is 4.77. The van der Waals surface area contributed by atoms with E-state index in [9.17, 15) is 0 Å². The number of hydrogen-bond donors (Lipinski definition) is 4. The maximum absolute atomic E-state index is 8.87. The summed E-state index contributed by atoms with van der Waals surface area (Å²) in [7, 11) is 0. The van der Waals surface area contributed by atoms with Crippen molar-refractivity contribution in [1.29, 1.82) is 5.41 Å². The van der Waals surface area contributed by atoms with E-state index in [1.54, 1.807) is 6.20 Å². The van der Waals surface area contributed by atoms with E-state index in [-0.39, 0.29) is 17.9 Å². The summed E-state index contributed by atoms with van der Waals surface area (Å²) in [5, 5.41) is 18.7. The van der Waals surface area contributed by atoms with E-state index in [0.29, 0.717) is 6.54 Å². The minimum absolute atomic E-state index is 0.0179. The number of nitrogens with two attached hydrogens (primary N) is 1. The summed E-state index contributed by atoms with van der Waals surface area (Å²) >= 11 is 0. The molecule has 0 rings (SSSR count). The number of nitrogens with one attached hydrogen (secondary N) is 2. The Morgan fingerprint density at radius 2 is 2.25 bits per heavy atom. The number of rotatable bonds is 5. The van der Waals surface area contributed by atoms with Crippen LogP contribution in [0.2, 0.25) is 0 Å². The van der Waals surface area contributed by atoms with Crippen molar-refractivity contribution in [3.63, 3.8) is 0 Å². The van der Waals surface area contributed by atoms with E-state index in [2.05, 4.69) is 5.32 Å². The molecule has 12 heavy (non-hydrogen) atoms. The number of aliphatic hydroxyl groups excluding tert-OH is 1. The SMILES string of the molecule is CC(C)(CO)CN/C=C\C(=N)N. The van der Waals surface area contributed by atoms with Crippen LogP contribution < -0.4 is 11.1 Å². The smallest absolute Gasteiger partial charge is 0.116 e. The van der Waals surface area contributed by atoms with E-state index in [1.807, 2.05) is 13.8 Å². The first-order valence-electron chi connectivity index (χ1n) is 3.83. The van der Waals surface area contributed by atoms with Crippen molar-refractivity contribution in [2.24, 2.45) is 11.1 Å². The van der Waals surface area contributed by atoms with Crippen molar-refractivity contribution >= 4 is 5.84 Å². The van der Waals surface area contributed by atoms with Gasteiger partial charge in [-0.25, -0.2) is 0 Å². The van der Waals surface area contributed by atoms with Crippen molar-refractivity contribution in [3.05, 3.63) is 12.3 Å². The molecule has 4 heteroatoms. The molecule has 0 amide bonds. The zero-order chi connectivity index (χ0) is 9.61. The van der Waals surface area contributed by atoms with Gasteiger partial charge >= 0.3 is 0 Å². The molecule has 0 bridgehead atoms. The quantitative estimate of drug-likeness (QED) is 0.348. The fraction of sp³-hybridized carbons (Fsp3) is 0.625. The third-order valence-corrected chi connectivity index (χ3v) is 1.39. The Balaban J connectivity index is 3.63. The summed E-state index contributed by atoms with van der Waals surface area (Å²) in [6.45, 7) is 4.68. The van der Waals surface area contributed by atoms with Gasteiger partial charge in [-0.05, 0) is 6.08 Å². The summed E-state index contributed by atoms with van der Waals surface area (Å²) < 4.78 is 0. The van der Waals surface area contributed by atoms with Gasteiger partial charge < -0.3 is 16.2 Å². The molecule has 0 radical (unpaired) electrons. The highest BCUT2D eigenvalue weighted by Crippen LogP contribution is 2.10. The second-order valence-corrected chi connectivity index (χ2v) is 3.49. The number of aliphatic hydroxyl groups is 1. The average Bonchev–Trinajstić information content (AvgIpc) is 1.98. The second-order valence-electron chi connectivity index (χ2n) is 3.49. The molecular formula is C8H17N3O. The Bertz CT molecular complexity index is 175. The van der Waals surface area contributed by atoms with Crippen LogP contribution in [-0.2, 0) is 0 Å². The van der Waals surface area contributed by atoms with Crippen molar-refractivity contribution in [3.8, 4) is 0 Å². The van der Waals surface area contributed by atoms with Crippen LogP contribution in [0.5, 0.6) is 0 Å². The van der Waals surface area contributed by atoms with Gasteiger partial charge in [0.1, 0.15) is 5.84 Å². The third-order valence-electron chi connectivity index (χ3n) is 1.39. The van der Waals surface area contributed by atoms with Crippen LogP contribution >= 0.6 is 0 Å². The maximum atomic E-state index is 8.87. The van der Waals surface area contributed by atoms with Crippen LogP contribution in [0, 0.1) is 10.8 Å². The fourth-order valence-corrected chi connectivity index (χ4v) is 0.540. The van der Waals surface area contributed by atoms with Gasteiger partial charge in [-0.1, -0.05) is 13.8 Å². The molecule has 0 unspecified atom stereocenters. The third kappa shape index (κ3) is 5.73. The van der Waals surface area contributed by atoms with Crippen molar-refractivity contribution < 1.29 is 5.11 Å². The highest BCUT2D eigenvalue weighted by molar-refractivity contribution is 5.88. The molecule has 70 valence electrons. The van der Waals surface area contributed by atoms with Gasteiger partial charge in [0, 0.05) is 24.8 Å². The topological polar surface area (TPSA) is 82.1 Å². The van der Waals surface area contributed by atoms with E-state index in [0.717, 1.165) is 0 Å². The molecule has 0 saturated heterocycles. The van der Waals surface area contributed by atoms with Gasteiger partial charge in [-0.15, -0.1) is 0 Å². The molecule has 0 aliphatic heterocycles. The summed E-state index contributed by atoms with van der Waals surface area (Å²) in [6, 6.07) is 0. The van der Waals surface area contributed by atoms with E-state index in [4.69, 9.17) is 16.2 Å². The molecule has 0 aromatic rings. The molecule has 0 spiro atoms. The lowest BCUT2D eigenvalue weighted by Crippen LogP contribution is -2.29. The lowest BCUT2D eigenvalue weighted by Gasteiger charge is -2.20. The Morgan fingerprint density at radius 1 is 1.67 bits per heavy atom. The Morgan fingerprint density at radius 3 is 2.67 bits per heavy atom. The standard InChI is InChI=1S/C8H17N3O/c1-8(2,6-12)5-11-4-3-7(9)10/h3-4,11-12H,5-6H2,1-2H3,(H3,9,10)/b4-3-. The van der Waals surface area contributed by atoms with Crippen molar-refractivity contribution in [2.45, 2.75) is 13.8 Å². The molecule has 0 fully saturated rings. The van der Waals surface area contributed by atoms with Crippen LogP contribution in [-0.4, -0.2) is 24.1 Å². The van der Waals surface area contributed by atoms with Crippen molar-refractivity contribution in [1.82, 2.24) is 5.32 Å². The van der Waals surface area contributed by atoms with E-state index < -0.39 is 0 Å². The predicted molar refractivity (Wildman–Crippen MR) is 49.9 cm³/mol. The Hall–Kier alpha value is -1.03. The minimum atomic E-state index is -0.138. The first kappa shape index (κ1) is 11.0. The normalized spacial score (nSPS) is 11.9. The Labute approximate surface area is 73.0 Å². The summed E-state index contributed by atoms with van der Waals surface area (Å²) in [6.07, 6.45) is 3.08. The largest absolute Gasteiger partial charge is 0.396 e. The molecule has 0 heterocycles. The van der Waals surface area contributed by atoms with Gasteiger partial charge in [0.15, 0.2) is 0 Å². The molecule has 0 atom stereocenters. The lowest BCUT2D eigenvalue weighted by atomic mass is 9.95. The predicted octanol–water partition coefficient (Wildman–Crippen LogP) is 0.0442. The average molecular weight is 171 g/mol. The first-order valence-corrected chi connectivity index (χ1v) is 3.83. The van der Waals surface area contributed by atoms with Gasteiger partial charge in [0.25, 0.3) is 0 Å². The highest BCUT2D eigenvalue weighted by atomic mass is 16.3. The molecule has 0 aliphatic rings. The maximum Gasteiger partial charge on any atom is 0.116 e. The summed E-state index contributed by atoms with van der Waals surface area (Å²) in [5.74, 6) is 0.0179. The first-order chi connectivity index (χ1) is 5.48. The van der Waals surface area contributed by atoms with Gasteiger partial charge in [-0.3, -0.25) is 5.41 Å². The lowest BCUT2D eigenvalue weighted by molar-refractivity contribution is 0.161. The van der Waals surface area contributed by atoms with Crippen LogP contribution in [0.25, 0.3) is 0 Å². The molecule has 0 aromatic heterocycles. The molecule has 0 aromatic carbocycles. The van der Waals surface area contributed by atoms with Gasteiger partial charge in [0.2, 0.25) is 0 Å². The van der Waals surface area contributed by atoms with Crippen LogP contribution in [0.4, 0.5) is 0 Å². The zero-order valence-corrected chi connectivity index (χ0v) is 7.59. The molecule has 0 saturated carbocycles. The molecule has 5 N–H and O–H groups in total. The van der Waals surface area contributed by atoms with Crippen LogP contribution in [0.3, 0.4) is 0 Å². The fourth-order valence-electron chi connectivity index (χ4n) is 0.540. The minimum Gasteiger partial charge on any atom is -0.396 e.